The minimum absolute atomic E-state index is 0.0445. The molecule has 134 valence electrons. The molecule has 0 spiro atoms. The molecule has 1 aromatic carbocycles. The Kier molecular flexibility index (Phi) is 5.78. The molecule has 25 heavy (non-hydrogen) atoms. The van der Waals surface area contributed by atoms with Gasteiger partial charge in [0.2, 0.25) is 11.8 Å². The molecule has 0 saturated heterocycles. The summed E-state index contributed by atoms with van der Waals surface area (Å²) in [6.45, 7) is 5.96. The molecule has 2 aromatic rings. The van der Waals surface area contributed by atoms with Gasteiger partial charge in [-0.15, -0.1) is 10.2 Å². The molecular weight excluding hydrogens is 334 g/mol. The lowest BCUT2D eigenvalue weighted by Crippen LogP contribution is -2.40. The first-order chi connectivity index (χ1) is 12.0. The van der Waals surface area contributed by atoms with E-state index in [1.807, 2.05) is 32.9 Å². The van der Waals surface area contributed by atoms with Gasteiger partial charge in [-0.05, 0) is 45.7 Å². The molecule has 1 aliphatic carbocycles. The topological polar surface area (TPSA) is 68.0 Å². The van der Waals surface area contributed by atoms with Crippen LogP contribution in [0.3, 0.4) is 0 Å². The third-order valence-electron chi connectivity index (χ3n) is 4.47. The third kappa shape index (κ3) is 4.84. The highest BCUT2D eigenvalue weighted by Crippen LogP contribution is 2.27. The first-order valence-electron chi connectivity index (χ1n) is 8.90. The molecule has 0 radical (unpaired) electrons. The molecule has 1 aliphatic rings. The Labute approximate surface area is 153 Å². The Hall–Kier alpha value is -1.82. The number of nitrogens with zero attached hydrogens (tertiary/aromatic N) is 2. The Balaban J connectivity index is 1.61. The van der Waals surface area contributed by atoms with Crippen molar-refractivity contribution in [1.82, 2.24) is 15.5 Å². The minimum atomic E-state index is -0.255. The van der Waals surface area contributed by atoms with Crippen molar-refractivity contribution in [2.75, 3.05) is 0 Å². The third-order valence-corrected chi connectivity index (χ3v) is 5.41. The van der Waals surface area contributed by atoms with Gasteiger partial charge in [0, 0.05) is 11.6 Å². The summed E-state index contributed by atoms with van der Waals surface area (Å²) in [7, 11) is 0. The fourth-order valence-electron chi connectivity index (χ4n) is 3.24. The molecule has 1 heterocycles. The van der Waals surface area contributed by atoms with Gasteiger partial charge < -0.3 is 9.73 Å². The Bertz CT molecular complexity index is 718. The lowest BCUT2D eigenvalue weighted by atomic mass is 9.95. The van der Waals surface area contributed by atoms with E-state index in [0.717, 1.165) is 29.5 Å². The number of rotatable bonds is 5. The van der Waals surface area contributed by atoms with Crippen LogP contribution < -0.4 is 5.32 Å². The Morgan fingerprint density at radius 2 is 1.84 bits per heavy atom. The number of hydrogen-bond acceptors (Lipinski definition) is 5. The fraction of sp³-hybridized carbons (Fsp3) is 0.526. The monoisotopic (exact) mass is 359 g/mol. The van der Waals surface area contributed by atoms with Crippen molar-refractivity contribution in [3.8, 4) is 11.5 Å². The maximum atomic E-state index is 12.4. The summed E-state index contributed by atoms with van der Waals surface area (Å²) in [5, 5.41) is 11.5. The molecule has 0 aliphatic heterocycles. The van der Waals surface area contributed by atoms with Crippen molar-refractivity contribution in [3.05, 3.63) is 29.3 Å². The Morgan fingerprint density at radius 1 is 1.16 bits per heavy atom. The second-order valence-electron chi connectivity index (χ2n) is 6.85. The van der Waals surface area contributed by atoms with Gasteiger partial charge in [0.05, 0.1) is 5.25 Å². The number of thioether (sulfide) groups is 1. The second-order valence-corrected chi connectivity index (χ2v) is 8.15. The van der Waals surface area contributed by atoms with Gasteiger partial charge in [-0.1, -0.05) is 48.2 Å². The molecule has 1 atom stereocenters. The highest BCUT2D eigenvalue weighted by molar-refractivity contribution is 8.00. The van der Waals surface area contributed by atoms with Crippen LogP contribution in [0.1, 0.15) is 50.2 Å². The van der Waals surface area contributed by atoms with Gasteiger partial charge >= 0.3 is 0 Å². The SMILES string of the molecule is Cc1cc(C)cc(-c2nnc(S[C@@H](C)C(=O)NC3CCCCC3)o2)c1. The van der Waals surface area contributed by atoms with Gasteiger partial charge in [-0.25, -0.2) is 0 Å². The van der Waals surface area contributed by atoms with E-state index in [9.17, 15) is 4.79 Å². The number of hydrogen-bond donors (Lipinski definition) is 1. The van der Waals surface area contributed by atoms with Gasteiger partial charge in [0.1, 0.15) is 0 Å². The van der Waals surface area contributed by atoms with Crippen molar-refractivity contribution in [2.45, 2.75) is 69.4 Å². The van der Waals surface area contributed by atoms with Crippen LogP contribution in [-0.2, 0) is 4.79 Å². The van der Waals surface area contributed by atoms with E-state index in [0.29, 0.717) is 17.2 Å². The second kappa shape index (κ2) is 8.04. The van der Waals surface area contributed by atoms with E-state index < -0.39 is 0 Å². The number of nitrogens with one attached hydrogen (secondary N) is 1. The summed E-state index contributed by atoms with van der Waals surface area (Å²) in [6.07, 6.45) is 5.85. The molecular formula is C19H25N3O2S. The fourth-order valence-corrected chi connectivity index (χ4v) is 3.93. The molecule has 6 heteroatoms. The highest BCUT2D eigenvalue weighted by Gasteiger charge is 2.22. The molecule has 1 amide bonds. The summed E-state index contributed by atoms with van der Waals surface area (Å²) in [5.74, 6) is 0.539. The zero-order valence-electron chi connectivity index (χ0n) is 15.0. The minimum Gasteiger partial charge on any atom is -0.411 e. The predicted molar refractivity (Wildman–Crippen MR) is 99.5 cm³/mol. The molecule has 0 bridgehead atoms. The van der Waals surface area contributed by atoms with Crippen LogP contribution in [0.4, 0.5) is 0 Å². The largest absolute Gasteiger partial charge is 0.411 e. The van der Waals surface area contributed by atoms with Crippen molar-refractivity contribution >= 4 is 17.7 Å². The van der Waals surface area contributed by atoms with Gasteiger partial charge in [0.15, 0.2) is 0 Å². The van der Waals surface area contributed by atoms with E-state index in [1.54, 1.807) is 0 Å². The smallest absolute Gasteiger partial charge is 0.277 e. The van der Waals surface area contributed by atoms with Crippen molar-refractivity contribution < 1.29 is 9.21 Å². The zero-order valence-corrected chi connectivity index (χ0v) is 15.9. The molecule has 0 unspecified atom stereocenters. The van der Waals surface area contributed by atoms with Gasteiger partial charge in [-0.2, -0.15) is 0 Å². The van der Waals surface area contributed by atoms with E-state index in [-0.39, 0.29) is 11.2 Å². The van der Waals surface area contributed by atoms with E-state index in [2.05, 4.69) is 21.6 Å². The van der Waals surface area contributed by atoms with Crippen molar-refractivity contribution in [1.29, 1.82) is 0 Å². The summed E-state index contributed by atoms with van der Waals surface area (Å²) >= 11 is 1.31. The quantitative estimate of drug-likeness (QED) is 0.807. The van der Waals surface area contributed by atoms with Gasteiger partial charge in [0.25, 0.3) is 5.22 Å². The van der Waals surface area contributed by atoms with Crippen LogP contribution in [0.5, 0.6) is 0 Å². The van der Waals surface area contributed by atoms with Crippen LogP contribution in [0.2, 0.25) is 0 Å². The average Bonchev–Trinajstić information content (AvgIpc) is 3.03. The number of aromatic nitrogens is 2. The zero-order chi connectivity index (χ0) is 17.8. The summed E-state index contributed by atoms with van der Waals surface area (Å²) < 4.78 is 5.75. The van der Waals surface area contributed by atoms with Crippen molar-refractivity contribution in [2.24, 2.45) is 0 Å². The van der Waals surface area contributed by atoms with Crippen LogP contribution in [-0.4, -0.2) is 27.4 Å². The lowest BCUT2D eigenvalue weighted by molar-refractivity contribution is -0.121. The summed E-state index contributed by atoms with van der Waals surface area (Å²) in [6, 6.07) is 6.47. The first-order valence-corrected chi connectivity index (χ1v) is 9.78. The number of carbonyl (C=O) groups is 1. The molecule has 5 nitrogen and oxygen atoms in total. The van der Waals surface area contributed by atoms with Gasteiger partial charge in [-0.3, -0.25) is 4.79 Å². The summed E-state index contributed by atoms with van der Waals surface area (Å²) in [5.41, 5.74) is 3.22. The first kappa shape index (κ1) is 18.0. The standard InChI is InChI=1S/C19H25N3O2S/c1-12-9-13(2)11-15(10-12)18-21-22-19(24-18)25-14(3)17(23)20-16-7-5-4-6-8-16/h9-11,14,16H,4-8H2,1-3H3,(H,20,23)/t14-/m0/s1. The van der Waals surface area contributed by atoms with E-state index in [4.69, 9.17) is 4.42 Å². The normalized spacial score (nSPS) is 16.6. The number of amides is 1. The molecule has 1 fully saturated rings. The Morgan fingerprint density at radius 3 is 2.52 bits per heavy atom. The average molecular weight is 359 g/mol. The van der Waals surface area contributed by atoms with E-state index in [1.165, 1.54) is 31.0 Å². The lowest BCUT2D eigenvalue weighted by Gasteiger charge is -2.23. The molecule has 1 N–H and O–H groups in total. The molecule has 1 aromatic heterocycles. The number of benzene rings is 1. The predicted octanol–water partition coefficient (Wildman–Crippen LogP) is 4.28. The van der Waals surface area contributed by atoms with Crippen molar-refractivity contribution in [3.63, 3.8) is 0 Å². The molecule has 1 saturated carbocycles. The van der Waals surface area contributed by atoms with Crippen LogP contribution in [0.15, 0.2) is 27.8 Å². The maximum absolute atomic E-state index is 12.4. The van der Waals surface area contributed by atoms with E-state index >= 15 is 0 Å². The number of carbonyl (C=O) groups excluding carboxylic acids is 1. The van der Waals surface area contributed by atoms with Crippen LogP contribution in [0, 0.1) is 13.8 Å². The van der Waals surface area contributed by atoms with Crippen LogP contribution in [0.25, 0.3) is 11.5 Å². The maximum Gasteiger partial charge on any atom is 0.277 e. The van der Waals surface area contributed by atoms with Crippen LogP contribution >= 0.6 is 11.8 Å². The highest BCUT2D eigenvalue weighted by atomic mass is 32.2. The molecule has 3 rings (SSSR count). The summed E-state index contributed by atoms with van der Waals surface area (Å²) in [4.78, 5) is 12.4. The number of aryl methyl sites for hydroxylation is 2.